The lowest BCUT2D eigenvalue weighted by Gasteiger charge is -2.41. The van der Waals surface area contributed by atoms with Crippen molar-refractivity contribution in [2.24, 2.45) is 0 Å². The van der Waals surface area contributed by atoms with Gasteiger partial charge in [0.25, 0.3) is 5.91 Å². The van der Waals surface area contributed by atoms with Crippen LogP contribution in [0.3, 0.4) is 0 Å². The second-order valence-corrected chi connectivity index (χ2v) is 7.79. The molecule has 1 amide bonds. The average molecular weight is 389 g/mol. The van der Waals surface area contributed by atoms with Crippen LogP contribution in [-0.4, -0.2) is 26.6 Å². The molecule has 1 aliphatic rings. The third kappa shape index (κ3) is 3.41. The van der Waals surface area contributed by atoms with Gasteiger partial charge in [-0.2, -0.15) is 5.10 Å². The molecular formula is C24H28N4O. The molecule has 2 heterocycles. The van der Waals surface area contributed by atoms with Gasteiger partial charge in [-0.05, 0) is 44.9 Å². The van der Waals surface area contributed by atoms with Crippen LogP contribution in [0.15, 0.2) is 54.6 Å². The van der Waals surface area contributed by atoms with Gasteiger partial charge in [0, 0.05) is 23.0 Å². The molecule has 150 valence electrons. The van der Waals surface area contributed by atoms with E-state index in [1.807, 2.05) is 59.0 Å². The zero-order valence-electron chi connectivity index (χ0n) is 17.5. The molecule has 2 atom stereocenters. The van der Waals surface area contributed by atoms with Crippen molar-refractivity contribution < 1.29 is 4.79 Å². The quantitative estimate of drug-likeness (QED) is 0.675. The van der Waals surface area contributed by atoms with Gasteiger partial charge < -0.3 is 10.2 Å². The summed E-state index contributed by atoms with van der Waals surface area (Å²) in [5.41, 5.74) is 5.96. The summed E-state index contributed by atoms with van der Waals surface area (Å²) in [5.74, 6) is 0.0771. The first kappa shape index (κ1) is 19.2. The summed E-state index contributed by atoms with van der Waals surface area (Å²) in [4.78, 5) is 15.4. The maximum absolute atomic E-state index is 13.4. The lowest BCUT2D eigenvalue weighted by atomic mass is 9.99. The van der Waals surface area contributed by atoms with Gasteiger partial charge in [0.2, 0.25) is 0 Å². The Balaban J connectivity index is 1.77. The molecular weight excluding hydrogens is 360 g/mol. The van der Waals surface area contributed by atoms with Crippen molar-refractivity contribution in [2.45, 2.75) is 52.9 Å². The van der Waals surface area contributed by atoms with Gasteiger partial charge in [-0.1, -0.05) is 49.4 Å². The van der Waals surface area contributed by atoms with Crippen molar-refractivity contribution in [3.8, 4) is 0 Å². The van der Waals surface area contributed by atoms with Crippen molar-refractivity contribution in [1.29, 1.82) is 0 Å². The molecule has 29 heavy (non-hydrogen) atoms. The number of para-hydroxylation sites is 1. The van der Waals surface area contributed by atoms with E-state index in [1.165, 1.54) is 5.56 Å². The summed E-state index contributed by atoms with van der Waals surface area (Å²) in [6, 6.07) is 18.2. The highest BCUT2D eigenvalue weighted by Crippen LogP contribution is 2.37. The zero-order valence-corrected chi connectivity index (χ0v) is 17.5. The van der Waals surface area contributed by atoms with Gasteiger partial charge in [-0.3, -0.25) is 9.48 Å². The molecule has 0 spiro atoms. The summed E-state index contributed by atoms with van der Waals surface area (Å²) < 4.78 is 2.04. The minimum atomic E-state index is -0.225. The number of nitrogens with zero attached hydrogens (tertiary/aromatic N) is 3. The average Bonchev–Trinajstić information content (AvgIpc) is 3.01. The van der Waals surface area contributed by atoms with E-state index in [0.717, 1.165) is 34.6 Å². The molecule has 0 bridgehead atoms. The Morgan fingerprint density at radius 3 is 2.48 bits per heavy atom. The highest BCUT2D eigenvalue weighted by atomic mass is 16.2. The van der Waals surface area contributed by atoms with Crippen LogP contribution in [-0.2, 0) is 6.54 Å². The van der Waals surface area contributed by atoms with Gasteiger partial charge in [0.05, 0.1) is 17.8 Å². The molecule has 0 unspecified atom stereocenters. The molecule has 1 N–H and O–H groups in total. The lowest BCUT2D eigenvalue weighted by molar-refractivity contribution is 0.0592. The number of hydrogen-bond donors (Lipinski definition) is 1. The first-order valence-electron chi connectivity index (χ1n) is 10.3. The van der Waals surface area contributed by atoms with Gasteiger partial charge in [-0.15, -0.1) is 0 Å². The summed E-state index contributed by atoms with van der Waals surface area (Å²) in [5, 5.41) is 8.44. The number of carbonyl (C=O) groups is 1. The predicted octanol–water partition coefficient (Wildman–Crippen LogP) is 4.91. The van der Waals surface area contributed by atoms with Gasteiger partial charge >= 0.3 is 0 Å². The Morgan fingerprint density at radius 2 is 1.76 bits per heavy atom. The van der Waals surface area contributed by atoms with Crippen LogP contribution >= 0.6 is 0 Å². The number of aromatic nitrogens is 2. The van der Waals surface area contributed by atoms with Crippen molar-refractivity contribution in [2.75, 3.05) is 5.32 Å². The molecule has 2 aromatic carbocycles. The van der Waals surface area contributed by atoms with Crippen LogP contribution in [0.25, 0.3) is 0 Å². The highest BCUT2D eigenvalue weighted by molar-refractivity contribution is 6.02. The molecule has 0 saturated heterocycles. The summed E-state index contributed by atoms with van der Waals surface area (Å²) in [6.07, 6.45) is 0.666. The molecule has 1 aromatic heterocycles. The Kier molecular flexibility index (Phi) is 5.14. The van der Waals surface area contributed by atoms with Crippen molar-refractivity contribution in [3.05, 3.63) is 82.7 Å². The number of anilines is 1. The van der Waals surface area contributed by atoms with Gasteiger partial charge in [0.15, 0.2) is 0 Å². The summed E-state index contributed by atoms with van der Waals surface area (Å²) in [7, 11) is 0. The highest BCUT2D eigenvalue weighted by Gasteiger charge is 2.37. The predicted molar refractivity (Wildman–Crippen MR) is 116 cm³/mol. The lowest BCUT2D eigenvalue weighted by Crippen LogP contribution is -2.47. The minimum Gasteiger partial charge on any atom is -0.361 e. The number of amides is 1. The second-order valence-electron chi connectivity index (χ2n) is 7.79. The Hall–Kier alpha value is -3.08. The fourth-order valence-corrected chi connectivity index (χ4v) is 4.15. The molecule has 0 aliphatic carbocycles. The van der Waals surface area contributed by atoms with E-state index in [9.17, 15) is 4.79 Å². The number of nitrogens with one attached hydrogen (secondary N) is 1. The van der Waals surface area contributed by atoms with Crippen LogP contribution in [0.2, 0.25) is 0 Å². The topological polar surface area (TPSA) is 50.2 Å². The summed E-state index contributed by atoms with van der Waals surface area (Å²) in [6.45, 7) is 9.08. The largest absolute Gasteiger partial charge is 0.361 e. The summed E-state index contributed by atoms with van der Waals surface area (Å²) >= 11 is 0. The SMILES string of the molecule is CC[C@H](C)N1C(=O)c2ccccc2N[C@H]1c1c(C)nn(Cc2ccccc2)c1C. The monoisotopic (exact) mass is 388 g/mol. The van der Waals surface area contributed by atoms with Gasteiger partial charge in [-0.25, -0.2) is 0 Å². The second kappa shape index (κ2) is 7.74. The van der Waals surface area contributed by atoms with Crippen LogP contribution < -0.4 is 5.32 Å². The first-order valence-corrected chi connectivity index (χ1v) is 10.3. The first-order chi connectivity index (χ1) is 14.0. The fourth-order valence-electron chi connectivity index (χ4n) is 4.15. The van der Waals surface area contributed by atoms with Crippen LogP contribution in [0.1, 0.15) is 59.3 Å². The molecule has 0 fully saturated rings. The maximum atomic E-state index is 13.4. The third-order valence-corrected chi connectivity index (χ3v) is 5.91. The number of fused-ring (bicyclic) bond motifs is 1. The maximum Gasteiger partial charge on any atom is 0.258 e. The van der Waals surface area contributed by atoms with Crippen molar-refractivity contribution >= 4 is 11.6 Å². The Labute approximate surface area is 172 Å². The fraction of sp³-hybridized carbons (Fsp3) is 0.333. The van der Waals surface area contributed by atoms with Crippen LogP contribution in [0, 0.1) is 13.8 Å². The third-order valence-electron chi connectivity index (χ3n) is 5.91. The van der Waals surface area contributed by atoms with E-state index in [1.54, 1.807) is 0 Å². The molecule has 5 heteroatoms. The standard InChI is InChI=1S/C24H28N4O/c1-5-16(2)28-23(25-21-14-10-9-13-20(21)24(28)29)22-17(3)26-27(18(22)4)15-19-11-7-6-8-12-19/h6-14,16,23,25H,5,15H2,1-4H3/t16-,23+/m0/s1. The molecule has 1 aliphatic heterocycles. The Bertz CT molecular complexity index is 1020. The van der Waals surface area contributed by atoms with E-state index in [4.69, 9.17) is 5.10 Å². The number of carbonyl (C=O) groups excluding carboxylic acids is 1. The molecule has 0 saturated carbocycles. The number of hydrogen-bond acceptors (Lipinski definition) is 3. The number of aryl methyl sites for hydroxylation is 1. The minimum absolute atomic E-state index is 0.0771. The zero-order chi connectivity index (χ0) is 20.5. The van der Waals surface area contributed by atoms with E-state index in [2.05, 4.69) is 38.2 Å². The van der Waals surface area contributed by atoms with E-state index in [-0.39, 0.29) is 18.1 Å². The molecule has 5 nitrogen and oxygen atoms in total. The van der Waals surface area contributed by atoms with E-state index >= 15 is 0 Å². The smallest absolute Gasteiger partial charge is 0.258 e. The number of rotatable bonds is 5. The number of benzene rings is 2. The van der Waals surface area contributed by atoms with Crippen molar-refractivity contribution in [3.63, 3.8) is 0 Å². The van der Waals surface area contributed by atoms with Gasteiger partial charge in [0.1, 0.15) is 6.17 Å². The van der Waals surface area contributed by atoms with Crippen molar-refractivity contribution in [1.82, 2.24) is 14.7 Å². The van der Waals surface area contributed by atoms with Crippen LogP contribution in [0.4, 0.5) is 5.69 Å². The normalized spacial score (nSPS) is 17.0. The molecule has 3 aromatic rings. The van der Waals surface area contributed by atoms with Crippen LogP contribution in [0.5, 0.6) is 0 Å². The molecule has 4 rings (SSSR count). The molecule has 0 radical (unpaired) electrons. The Morgan fingerprint density at radius 1 is 1.07 bits per heavy atom. The van der Waals surface area contributed by atoms with E-state index < -0.39 is 0 Å². The van der Waals surface area contributed by atoms with E-state index in [0.29, 0.717) is 6.54 Å².